The molecule has 0 fully saturated rings. The van der Waals surface area contributed by atoms with E-state index in [2.05, 4.69) is 26.3 Å². The maximum atomic E-state index is 12.0. The second-order valence-corrected chi connectivity index (χ2v) is 6.68. The number of nitrogens with zero attached hydrogens (tertiary/aromatic N) is 3. The van der Waals surface area contributed by atoms with Gasteiger partial charge in [-0.2, -0.15) is 0 Å². The number of benzene rings is 1. The number of carbonyl (C=O) groups excluding carboxylic acids is 2. The average molecular weight is 356 g/mol. The van der Waals surface area contributed by atoms with Crippen molar-refractivity contribution >= 4 is 11.9 Å². The van der Waals surface area contributed by atoms with Crippen molar-refractivity contribution in [2.45, 2.75) is 39.4 Å². The predicted molar refractivity (Wildman–Crippen MR) is 96.1 cm³/mol. The van der Waals surface area contributed by atoms with Crippen LogP contribution < -0.4 is 16.0 Å². The lowest BCUT2D eigenvalue weighted by Crippen LogP contribution is -2.42. The molecule has 3 rings (SSSR count). The van der Waals surface area contributed by atoms with Gasteiger partial charge in [0.2, 0.25) is 5.91 Å². The highest BCUT2D eigenvalue weighted by atomic mass is 16.2. The Labute approximate surface area is 152 Å². The summed E-state index contributed by atoms with van der Waals surface area (Å²) in [7, 11) is 0. The first-order valence-corrected chi connectivity index (χ1v) is 8.82. The van der Waals surface area contributed by atoms with Crippen LogP contribution in [-0.4, -0.2) is 33.5 Å². The van der Waals surface area contributed by atoms with Crippen molar-refractivity contribution in [3.63, 3.8) is 0 Å². The number of urea groups is 1. The SMILES string of the molecule is CC(C)C1C(=O)NCc2c(CNC(=O)NCCc3ccccc3)nnn21. The van der Waals surface area contributed by atoms with Crippen LogP contribution in [0.25, 0.3) is 0 Å². The fraction of sp³-hybridized carbons (Fsp3) is 0.444. The lowest BCUT2D eigenvalue weighted by Gasteiger charge is -2.26. The van der Waals surface area contributed by atoms with Crippen LogP contribution in [0.1, 0.15) is 36.8 Å². The maximum Gasteiger partial charge on any atom is 0.315 e. The van der Waals surface area contributed by atoms with Gasteiger partial charge in [-0.3, -0.25) is 4.79 Å². The normalized spacial score (nSPS) is 16.1. The van der Waals surface area contributed by atoms with E-state index in [1.807, 2.05) is 44.2 Å². The Morgan fingerprint density at radius 3 is 2.81 bits per heavy atom. The first-order valence-electron chi connectivity index (χ1n) is 8.82. The molecule has 1 aromatic heterocycles. The lowest BCUT2D eigenvalue weighted by atomic mass is 10.0. The molecule has 3 N–H and O–H groups in total. The van der Waals surface area contributed by atoms with Crippen molar-refractivity contribution < 1.29 is 9.59 Å². The van der Waals surface area contributed by atoms with Crippen LogP contribution >= 0.6 is 0 Å². The molecule has 1 aliphatic heterocycles. The van der Waals surface area contributed by atoms with Crippen LogP contribution in [0.4, 0.5) is 4.79 Å². The number of hydrogen-bond acceptors (Lipinski definition) is 4. The van der Waals surface area contributed by atoms with Gasteiger partial charge in [-0.25, -0.2) is 9.48 Å². The highest BCUT2D eigenvalue weighted by Gasteiger charge is 2.32. The average Bonchev–Trinajstić information content (AvgIpc) is 3.03. The molecule has 1 atom stereocenters. The largest absolute Gasteiger partial charge is 0.349 e. The van der Waals surface area contributed by atoms with E-state index in [1.165, 1.54) is 5.56 Å². The van der Waals surface area contributed by atoms with Gasteiger partial charge in [0.15, 0.2) is 0 Å². The summed E-state index contributed by atoms with van der Waals surface area (Å²) in [4.78, 5) is 24.0. The Hall–Kier alpha value is -2.90. The number of amides is 3. The van der Waals surface area contributed by atoms with Crippen molar-refractivity contribution in [3.05, 3.63) is 47.3 Å². The van der Waals surface area contributed by atoms with Gasteiger partial charge in [0.05, 0.1) is 18.8 Å². The third kappa shape index (κ3) is 4.01. The quantitative estimate of drug-likeness (QED) is 0.723. The molecule has 0 saturated heterocycles. The minimum absolute atomic E-state index is 0.0458. The van der Waals surface area contributed by atoms with Crippen molar-refractivity contribution in [2.75, 3.05) is 6.54 Å². The van der Waals surface area contributed by atoms with E-state index in [0.717, 1.165) is 12.1 Å². The van der Waals surface area contributed by atoms with E-state index in [-0.39, 0.29) is 30.4 Å². The molecule has 0 radical (unpaired) electrons. The van der Waals surface area contributed by atoms with Gasteiger partial charge in [0.25, 0.3) is 0 Å². The van der Waals surface area contributed by atoms with Gasteiger partial charge in [0, 0.05) is 6.54 Å². The van der Waals surface area contributed by atoms with Crippen LogP contribution in [0, 0.1) is 5.92 Å². The van der Waals surface area contributed by atoms with Gasteiger partial charge in [-0.05, 0) is 17.9 Å². The van der Waals surface area contributed by atoms with E-state index in [0.29, 0.717) is 18.8 Å². The molecule has 138 valence electrons. The molecule has 8 nitrogen and oxygen atoms in total. The van der Waals surface area contributed by atoms with E-state index in [1.54, 1.807) is 4.68 Å². The lowest BCUT2D eigenvalue weighted by molar-refractivity contribution is -0.127. The van der Waals surface area contributed by atoms with Crippen molar-refractivity contribution in [1.82, 2.24) is 30.9 Å². The molecule has 3 amide bonds. The Kier molecular flexibility index (Phi) is 5.50. The smallest absolute Gasteiger partial charge is 0.315 e. The summed E-state index contributed by atoms with van der Waals surface area (Å²) in [5.74, 6) is 0.0633. The summed E-state index contributed by atoms with van der Waals surface area (Å²) in [5, 5.41) is 16.8. The van der Waals surface area contributed by atoms with E-state index in [4.69, 9.17) is 0 Å². The van der Waals surface area contributed by atoms with Gasteiger partial charge >= 0.3 is 6.03 Å². The molecule has 2 aromatic rings. The number of aromatic nitrogens is 3. The summed E-state index contributed by atoms with van der Waals surface area (Å²) in [6.45, 7) is 5.15. The van der Waals surface area contributed by atoms with Crippen molar-refractivity contribution in [2.24, 2.45) is 5.92 Å². The predicted octanol–water partition coefficient (Wildman–Crippen LogP) is 1.15. The minimum atomic E-state index is -0.361. The minimum Gasteiger partial charge on any atom is -0.349 e. The Bertz CT molecular complexity index is 771. The van der Waals surface area contributed by atoms with Crippen molar-refractivity contribution in [3.8, 4) is 0 Å². The van der Waals surface area contributed by atoms with Gasteiger partial charge < -0.3 is 16.0 Å². The van der Waals surface area contributed by atoms with Crippen molar-refractivity contribution in [1.29, 1.82) is 0 Å². The monoisotopic (exact) mass is 356 g/mol. The fourth-order valence-corrected chi connectivity index (χ4v) is 3.05. The summed E-state index contributed by atoms with van der Waals surface area (Å²) < 4.78 is 1.67. The number of carbonyl (C=O) groups is 2. The molecular weight excluding hydrogens is 332 g/mol. The van der Waals surface area contributed by atoms with Gasteiger partial charge in [-0.1, -0.05) is 49.4 Å². The highest BCUT2D eigenvalue weighted by Crippen LogP contribution is 2.23. The number of fused-ring (bicyclic) bond motifs is 1. The zero-order chi connectivity index (χ0) is 18.5. The zero-order valence-electron chi connectivity index (χ0n) is 15.0. The second-order valence-electron chi connectivity index (χ2n) is 6.68. The summed E-state index contributed by atoms with van der Waals surface area (Å²) >= 11 is 0. The molecule has 2 heterocycles. The standard InChI is InChI=1S/C18H24N6O2/c1-12(2)16-17(25)20-11-15-14(22-23-24(15)16)10-21-18(26)19-9-8-13-6-4-3-5-7-13/h3-7,12,16H,8-11H2,1-2H3,(H,20,25)(H2,19,21,26). The van der Waals surface area contributed by atoms with Gasteiger partial charge in [-0.15, -0.1) is 5.10 Å². The summed E-state index contributed by atoms with van der Waals surface area (Å²) in [6, 6.07) is 9.38. The Morgan fingerprint density at radius 2 is 2.08 bits per heavy atom. The molecular formula is C18H24N6O2. The molecule has 1 aromatic carbocycles. The third-order valence-corrected chi connectivity index (χ3v) is 4.42. The van der Waals surface area contributed by atoms with E-state index in [9.17, 15) is 9.59 Å². The first kappa shape index (κ1) is 17.9. The maximum absolute atomic E-state index is 12.0. The third-order valence-electron chi connectivity index (χ3n) is 4.42. The molecule has 0 aliphatic carbocycles. The molecule has 0 saturated carbocycles. The van der Waals surface area contributed by atoms with Crippen LogP contribution in [-0.2, 0) is 24.3 Å². The fourth-order valence-electron chi connectivity index (χ4n) is 3.05. The molecule has 8 heteroatoms. The topological polar surface area (TPSA) is 101 Å². The molecule has 0 bridgehead atoms. The molecule has 1 aliphatic rings. The van der Waals surface area contributed by atoms with Gasteiger partial charge in [0.1, 0.15) is 11.7 Å². The highest BCUT2D eigenvalue weighted by molar-refractivity contribution is 5.81. The van der Waals surface area contributed by atoms with Crippen LogP contribution in [0.15, 0.2) is 30.3 Å². The molecule has 1 unspecified atom stereocenters. The zero-order valence-corrected chi connectivity index (χ0v) is 15.0. The molecule has 26 heavy (non-hydrogen) atoms. The Balaban J connectivity index is 1.52. The summed E-state index contributed by atoms with van der Waals surface area (Å²) in [5.41, 5.74) is 2.69. The van der Waals surface area contributed by atoms with E-state index < -0.39 is 0 Å². The van der Waals surface area contributed by atoms with E-state index >= 15 is 0 Å². The Morgan fingerprint density at radius 1 is 1.31 bits per heavy atom. The van der Waals surface area contributed by atoms with Crippen LogP contribution in [0.2, 0.25) is 0 Å². The number of nitrogens with one attached hydrogen (secondary N) is 3. The molecule has 0 spiro atoms. The van der Waals surface area contributed by atoms with Crippen LogP contribution in [0.5, 0.6) is 0 Å². The first-order chi connectivity index (χ1) is 12.6. The van der Waals surface area contributed by atoms with Crippen LogP contribution in [0.3, 0.4) is 0 Å². The number of rotatable bonds is 6. The number of hydrogen-bond donors (Lipinski definition) is 3. The summed E-state index contributed by atoms with van der Waals surface area (Å²) in [6.07, 6.45) is 0.776. The second kappa shape index (κ2) is 7.99.